The average Bonchev–Trinajstić information content (AvgIpc) is 2.76. The Labute approximate surface area is 111 Å². The van der Waals surface area contributed by atoms with Gasteiger partial charge in [0.25, 0.3) is 5.56 Å². The average molecular weight is 265 g/mol. The molecule has 0 spiro atoms. The number of nitrogens with zero attached hydrogens (tertiary/aromatic N) is 3. The number of aliphatic carboxylic acids is 1. The van der Waals surface area contributed by atoms with Crippen molar-refractivity contribution in [3.63, 3.8) is 0 Å². The van der Waals surface area contributed by atoms with Gasteiger partial charge in [-0.2, -0.15) is 0 Å². The minimum atomic E-state index is -0.820. The number of hydrogen-bond acceptors (Lipinski definition) is 4. The zero-order valence-corrected chi connectivity index (χ0v) is 11.3. The molecule has 0 saturated carbocycles. The van der Waals surface area contributed by atoms with Gasteiger partial charge in [-0.1, -0.05) is 6.92 Å². The van der Waals surface area contributed by atoms with Gasteiger partial charge in [-0.3, -0.25) is 9.59 Å². The van der Waals surface area contributed by atoms with Gasteiger partial charge in [0.05, 0.1) is 5.41 Å². The number of carboxylic acid groups (broad SMARTS) is 1. The molecule has 0 radical (unpaired) electrons. The molecule has 0 amide bonds. The van der Waals surface area contributed by atoms with Crippen molar-refractivity contribution in [2.75, 3.05) is 18.0 Å². The Hall–Kier alpha value is -1.85. The smallest absolute Gasteiger partial charge is 0.311 e. The van der Waals surface area contributed by atoms with Crippen LogP contribution in [-0.2, 0) is 11.3 Å². The highest BCUT2D eigenvalue weighted by Crippen LogP contribution is 2.31. The molecule has 0 aliphatic carbocycles. The minimum Gasteiger partial charge on any atom is -0.481 e. The Bertz CT molecular complexity index is 540. The highest BCUT2D eigenvalue weighted by molar-refractivity contribution is 5.76. The van der Waals surface area contributed by atoms with Crippen molar-refractivity contribution in [1.82, 2.24) is 9.55 Å². The van der Waals surface area contributed by atoms with Crippen LogP contribution >= 0.6 is 0 Å². The minimum absolute atomic E-state index is 0.140. The van der Waals surface area contributed by atoms with Crippen LogP contribution in [0.25, 0.3) is 0 Å². The van der Waals surface area contributed by atoms with Crippen molar-refractivity contribution in [2.45, 2.75) is 33.2 Å². The van der Waals surface area contributed by atoms with Gasteiger partial charge in [-0.05, 0) is 19.8 Å². The number of aryl methyl sites for hydroxylation is 1. The van der Waals surface area contributed by atoms with Crippen molar-refractivity contribution < 1.29 is 9.90 Å². The lowest BCUT2D eigenvalue weighted by Crippen LogP contribution is -2.35. The summed E-state index contributed by atoms with van der Waals surface area (Å²) in [6, 6.07) is 0. The fraction of sp³-hybridized carbons (Fsp3) is 0.615. The molecule has 1 atom stereocenters. The highest BCUT2D eigenvalue weighted by atomic mass is 16.4. The first-order chi connectivity index (χ1) is 8.98. The molecule has 19 heavy (non-hydrogen) atoms. The summed E-state index contributed by atoms with van der Waals surface area (Å²) in [5, 5.41) is 9.21. The summed E-state index contributed by atoms with van der Waals surface area (Å²) < 4.78 is 1.62. The summed E-state index contributed by atoms with van der Waals surface area (Å²) in [4.78, 5) is 29.4. The summed E-state index contributed by atoms with van der Waals surface area (Å²) >= 11 is 0. The van der Waals surface area contributed by atoms with Crippen LogP contribution in [0.3, 0.4) is 0 Å². The molecule has 104 valence electrons. The Morgan fingerprint density at radius 3 is 2.89 bits per heavy atom. The lowest BCUT2D eigenvalue weighted by molar-refractivity contribution is -0.146. The van der Waals surface area contributed by atoms with Gasteiger partial charge < -0.3 is 14.6 Å². The van der Waals surface area contributed by atoms with Crippen LogP contribution in [0.15, 0.2) is 17.2 Å². The number of carboxylic acids is 1. The summed E-state index contributed by atoms with van der Waals surface area (Å²) in [5.41, 5.74) is -0.932. The monoisotopic (exact) mass is 265 g/mol. The zero-order valence-electron chi connectivity index (χ0n) is 11.3. The van der Waals surface area contributed by atoms with Crippen LogP contribution in [0.4, 0.5) is 5.82 Å². The maximum Gasteiger partial charge on any atom is 0.311 e. The van der Waals surface area contributed by atoms with E-state index in [1.165, 1.54) is 0 Å². The molecule has 1 aromatic rings. The second kappa shape index (κ2) is 5.03. The number of hydrogen-bond donors (Lipinski definition) is 1. The molecule has 1 aliphatic rings. The first-order valence-corrected chi connectivity index (χ1v) is 6.52. The number of carbonyl (C=O) groups is 1. The Morgan fingerprint density at radius 1 is 1.58 bits per heavy atom. The molecular formula is C13H19N3O3. The van der Waals surface area contributed by atoms with E-state index in [4.69, 9.17) is 0 Å². The van der Waals surface area contributed by atoms with E-state index in [1.807, 2.05) is 6.92 Å². The summed E-state index contributed by atoms with van der Waals surface area (Å²) in [6.45, 7) is 5.26. The summed E-state index contributed by atoms with van der Waals surface area (Å²) in [5.74, 6) is -0.458. The van der Waals surface area contributed by atoms with E-state index in [0.29, 0.717) is 31.9 Å². The topological polar surface area (TPSA) is 75.4 Å². The Morgan fingerprint density at radius 2 is 2.32 bits per heavy atom. The largest absolute Gasteiger partial charge is 0.481 e. The molecular weight excluding hydrogens is 246 g/mol. The van der Waals surface area contributed by atoms with Gasteiger partial charge in [0.1, 0.15) is 0 Å². The Balaban J connectivity index is 2.27. The number of rotatable bonds is 4. The van der Waals surface area contributed by atoms with E-state index in [0.717, 1.165) is 6.42 Å². The molecule has 1 fully saturated rings. The van der Waals surface area contributed by atoms with Gasteiger partial charge >= 0.3 is 5.97 Å². The molecule has 1 saturated heterocycles. The third kappa shape index (κ3) is 2.47. The first-order valence-electron chi connectivity index (χ1n) is 6.52. The molecule has 1 aromatic heterocycles. The maximum atomic E-state index is 12.2. The van der Waals surface area contributed by atoms with E-state index in [-0.39, 0.29) is 5.56 Å². The molecule has 6 heteroatoms. The van der Waals surface area contributed by atoms with Crippen LogP contribution in [0.2, 0.25) is 0 Å². The van der Waals surface area contributed by atoms with Crippen molar-refractivity contribution in [1.29, 1.82) is 0 Å². The zero-order chi connectivity index (χ0) is 14.0. The van der Waals surface area contributed by atoms with Crippen LogP contribution in [0.1, 0.15) is 26.7 Å². The van der Waals surface area contributed by atoms with E-state index < -0.39 is 11.4 Å². The maximum absolute atomic E-state index is 12.2. The quantitative estimate of drug-likeness (QED) is 0.877. The molecule has 2 heterocycles. The SMILES string of the molecule is CCCn1ccnc(N2CCC(C)(C(=O)O)C2)c1=O. The lowest BCUT2D eigenvalue weighted by Gasteiger charge is -2.20. The fourth-order valence-electron chi connectivity index (χ4n) is 2.39. The third-order valence-corrected chi connectivity index (χ3v) is 3.65. The predicted molar refractivity (Wildman–Crippen MR) is 71.4 cm³/mol. The normalized spacial score (nSPS) is 22.7. The van der Waals surface area contributed by atoms with Crippen LogP contribution < -0.4 is 10.5 Å². The molecule has 1 N–H and O–H groups in total. The highest BCUT2D eigenvalue weighted by Gasteiger charge is 2.41. The molecule has 2 rings (SSSR count). The van der Waals surface area contributed by atoms with Crippen molar-refractivity contribution >= 4 is 11.8 Å². The standard InChI is InChI=1S/C13H19N3O3/c1-3-6-15-8-5-14-10(11(15)17)16-7-4-13(2,9-16)12(18)19/h5,8H,3-4,6-7,9H2,1-2H3,(H,18,19). The van der Waals surface area contributed by atoms with Crippen molar-refractivity contribution in [3.8, 4) is 0 Å². The van der Waals surface area contributed by atoms with Gasteiger partial charge in [-0.25, -0.2) is 4.98 Å². The second-order valence-electron chi connectivity index (χ2n) is 5.29. The summed E-state index contributed by atoms with van der Waals surface area (Å²) in [6.07, 6.45) is 4.67. The molecule has 1 aliphatic heterocycles. The first kappa shape index (κ1) is 13.6. The van der Waals surface area contributed by atoms with E-state index in [2.05, 4.69) is 4.98 Å². The van der Waals surface area contributed by atoms with Crippen LogP contribution in [-0.4, -0.2) is 33.7 Å². The van der Waals surface area contributed by atoms with Gasteiger partial charge in [-0.15, -0.1) is 0 Å². The third-order valence-electron chi connectivity index (χ3n) is 3.65. The van der Waals surface area contributed by atoms with Crippen LogP contribution in [0, 0.1) is 5.41 Å². The van der Waals surface area contributed by atoms with Crippen molar-refractivity contribution in [2.24, 2.45) is 5.41 Å². The van der Waals surface area contributed by atoms with Gasteiger partial charge in [0.15, 0.2) is 5.82 Å². The van der Waals surface area contributed by atoms with Crippen LogP contribution in [0.5, 0.6) is 0 Å². The van der Waals surface area contributed by atoms with E-state index >= 15 is 0 Å². The second-order valence-corrected chi connectivity index (χ2v) is 5.29. The van der Waals surface area contributed by atoms with Gasteiger partial charge in [0.2, 0.25) is 0 Å². The van der Waals surface area contributed by atoms with Crippen molar-refractivity contribution in [3.05, 3.63) is 22.7 Å². The molecule has 0 aromatic carbocycles. The van der Waals surface area contributed by atoms with E-state index in [9.17, 15) is 14.7 Å². The molecule has 0 bridgehead atoms. The Kier molecular flexibility index (Phi) is 3.59. The number of aromatic nitrogens is 2. The predicted octanol–water partition coefficient (Wildman–Crippen LogP) is 0.954. The van der Waals surface area contributed by atoms with E-state index in [1.54, 1.807) is 28.8 Å². The lowest BCUT2D eigenvalue weighted by atomic mass is 9.90. The molecule has 1 unspecified atom stereocenters. The summed E-state index contributed by atoms with van der Waals surface area (Å²) in [7, 11) is 0. The fourth-order valence-corrected chi connectivity index (χ4v) is 2.39. The number of anilines is 1. The molecule has 6 nitrogen and oxygen atoms in total. The van der Waals surface area contributed by atoms with Gasteiger partial charge in [0, 0.05) is 32.0 Å².